The number of carbonyl (C=O) groups excluding carboxylic acids is 2. The first kappa shape index (κ1) is 14.8. The molecule has 0 aliphatic carbocycles. The van der Waals surface area contributed by atoms with Crippen LogP contribution in [0.15, 0.2) is 18.2 Å². The summed E-state index contributed by atoms with van der Waals surface area (Å²) in [4.78, 5) is 25.0. The zero-order valence-electron chi connectivity index (χ0n) is 11.4. The number of benzene rings is 1. The van der Waals surface area contributed by atoms with Crippen LogP contribution in [0.4, 0.5) is 11.4 Å². The lowest BCUT2D eigenvalue weighted by Crippen LogP contribution is -2.28. The number of nitrogens with zero attached hydrogens (tertiary/aromatic N) is 1. The minimum absolute atomic E-state index is 0.0934. The highest BCUT2D eigenvalue weighted by atomic mass is 35.5. The van der Waals surface area contributed by atoms with E-state index in [2.05, 4.69) is 10.6 Å². The summed E-state index contributed by atoms with van der Waals surface area (Å²) in [5.41, 5.74) is 1.34. The van der Waals surface area contributed by atoms with Gasteiger partial charge in [-0.25, -0.2) is 0 Å². The van der Waals surface area contributed by atoms with Crippen molar-refractivity contribution in [3.05, 3.63) is 23.2 Å². The van der Waals surface area contributed by atoms with Crippen LogP contribution in [0.1, 0.15) is 19.8 Å². The molecule has 1 aromatic rings. The first-order chi connectivity index (χ1) is 9.61. The number of carbonyl (C=O) groups is 2. The lowest BCUT2D eigenvalue weighted by molar-refractivity contribution is -0.117. The number of hydrogen-bond donors (Lipinski definition) is 2. The van der Waals surface area contributed by atoms with E-state index in [0.29, 0.717) is 29.4 Å². The number of rotatable bonds is 5. The average Bonchev–Trinajstić information content (AvgIpc) is 2.83. The molecule has 0 radical (unpaired) electrons. The fourth-order valence-corrected chi connectivity index (χ4v) is 2.43. The zero-order chi connectivity index (χ0) is 14.5. The summed E-state index contributed by atoms with van der Waals surface area (Å²) < 4.78 is 0. The van der Waals surface area contributed by atoms with Crippen LogP contribution < -0.4 is 15.5 Å². The molecule has 5 nitrogen and oxygen atoms in total. The fraction of sp³-hybridized carbons (Fsp3) is 0.429. The van der Waals surface area contributed by atoms with Crippen LogP contribution >= 0.6 is 11.6 Å². The molecule has 1 aromatic carbocycles. The van der Waals surface area contributed by atoms with Crippen molar-refractivity contribution in [1.29, 1.82) is 0 Å². The predicted molar refractivity (Wildman–Crippen MR) is 80.2 cm³/mol. The Morgan fingerprint density at radius 3 is 2.85 bits per heavy atom. The monoisotopic (exact) mass is 295 g/mol. The number of amides is 2. The van der Waals surface area contributed by atoms with Gasteiger partial charge in [0.2, 0.25) is 11.8 Å². The molecular weight excluding hydrogens is 278 g/mol. The smallest absolute Gasteiger partial charge is 0.238 e. The molecule has 0 aromatic heterocycles. The van der Waals surface area contributed by atoms with Gasteiger partial charge >= 0.3 is 0 Å². The van der Waals surface area contributed by atoms with Gasteiger partial charge in [-0.2, -0.15) is 0 Å². The molecule has 1 heterocycles. The second-order valence-corrected chi connectivity index (χ2v) is 5.05. The van der Waals surface area contributed by atoms with Crippen LogP contribution in [-0.2, 0) is 9.59 Å². The quantitative estimate of drug-likeness (QED) is 0.873. The van der Waals surface area contributed by atoms with E-state index < -0.39 is 0 Å². The third-order valence-electron chi connectivity index (χ3n) is 3.13. The maximum atomic E-state index is 11.7. The minimum Gasteiger partial charge on any atom is -0.325 e. The topological polar surface area (TPSA) is 61.4 Å². The molecule has 1 aliphatic rings. The van der Waals surface area contributed by atoms with Crippen molar-refractivity contribution in [2.45, 2.75) is 19.8 Å². The van der Waals surface area contributed by atoms with E-state index in [1.54, 1.807) is 23.1 Å². The summed E-state index contributed by atoms with van der Waals surface area (Å²) in [6.45, 7) is 3.64. The molecule has 0 unspecified atom stereocenters. The molecule has 0 saturated carbocycles. The Bertz CT molecular complexity index is 519. The number of hydrogen-bond acceptors (Lipinski definition) is 3. The van der Waals surface area contributed by atoms with Gasteiger partial charge in [-0.15, -0.1) is 0 Å². The maximum absolute atomic E-state index is 11.7. The largest absolute Gasteiger partial charge is 0.325 e. The summed E-state index contributed by atoms with van der Waals surface area (Å²) in [6.07, 6.45) is 1.42. The number of nitrogens with one attached hydrogen (secondary N) is 2. The Labute approximate surface area is 123 Å². The van der Waals surface area contributed by atoms with Crippen molar-refractivity contribution in [2.75, 3.05) is 29.9 Å². The molecule has 6 heteroatoms. The van der Waals surface area contributed by atoms with Gasteiger partial charge in [0.1, 0.15) is 0 Å². The summed E-state index contributed by atoms with van der Waals surface area (Å²) in [5.74, 6) is -0.0243. The summed E-state index contributed by atoms with van der Waals surface area (Å²) in [7, 11) is 0. The molecule has 2 N–H and O–H groups in total. The molecule has 1 aliphatic heterocycles. The molecule has 2 rings (SSSR count). The van der Waals surface area contributed by atoms with Crippen molar-refractivity contribution >= 4 is 34.8 Å². The van der Waals surface area contributed by atoms with Gasteiger partial charge in [0.05, 0.1) is 17.3 Å². The highest BCUT2D eigenvalue weighted by Crippen LogP contribution is 2.31. The van der Waals surface area contributed by atoms with Crippen LogP contribution in [0, 0.1) is 0 Å². The Morgan fingerprint density at radius 2 is 2.25 bits per heavy atom. The van der Waals surface area contributed by atoms with E-state index in [4.69, 9.17) is 11.6 Å². The third kappa shape index (κ3) is 3.49. The predicted octanol–water partition coefficient (Wildman–Crippen LogP) is 2.01. The Kier molecular flexibility index (Phi) is 4.98. The molecule has 1 fully saturated rings. The molecule has 2 amide bonds. The van der Waals surface area contributed by atoms with E-state index >= 15 is 0 Å². The Balaban J connectivity index is 2.06. The standard InChI is InChI=1S/C14H18ClN3O2/c1-2-16-9-13(19)17-10-5-6-12(11(15)8-10)18-7-3-4-14(18)20/h5-6,8,16H,2-4,7,9H2,1H3,(H,17,19). The summed E-state index contributed by atoms with van der Waals surface area (Å²) in [5, 5.41) is 6.18. The van der Waals surface area contributed by atoms with E-state index in [1.165, 1.54) is 0 Å². The van der Waals surface area contributed by atoms with Crippen molar-refractivity contribution < 1.29 is 9.59 Å². The normalized spacial score (nSPS) is 14.7. The molecule has 0 spiro atoms. The second kappa shape index (κ2) is 6.72. The van der Waals surface area contributed by atoms with Crippen LogP contribution in [0.5, 0.6) is 0 Å². The summed E-state index contributed by atoms with van der Waals surface area (Å²) >= 11 is 6.20. The number of anilines is 2. The number of likely N-dealkylation sites (N-methyl/N-ethyl adjacent to an activating group) is 1. The maximum Gasteiger partial charge on any atom is 0.238 e. The van der Waals surface area contributed by atoms with Crippen LogP contribution in [0.25, 0.3) is 0 Å². The van der Waals surface area contributed by atoms with E-state index in [1.807, 2.05) is 6.92 Å². The van der Waals surface area contributed by atoms with Gasteiger partial charge in [-0.3, -0.25) is 9.59 Å². The highest BCUT2D eigenvalue weighted by molar-refractivity contribution is 6.34. The number of halogens is 1. The van der Waals surface area contributed by atoms with Crippen LogP contribution in [0.3, 0.4) is 0 Å². The summed E-state index contributed by atoms with van der Waals surface area (Å²) in [6, 6.07) is 5.21. The van der Waals surface area contributed by atoms with Crippen LogP contribution in [0.2, 0.25) is 5.02 Å². The van der Waals surface area contributed by atoms with E-state index in [0.717, 1.165) is 13.0 Å². The third-order valence-corrected chi connectivity index (χ3v) is 3.43. The fourth-order valence-electron chi connectivity index (χ4n) is 2.15. The van der Waals surface area contributed by atoms with Crippen molar-refractivity contribution in [3.63, 3.8) is 0 Å². The van der Waals surface area contributed by atoms with E-state index in [9.17, 15) is 9.59 Å². The van der Waals surface area contributed by atoms with Gasteiger partial charge in [-0.1, -0.05) is 18.5 Å². The van der Waals surface area contributed by atoms with Crippen molar-refractivity contribution in [3.8, 4) is 0 Å². The van der Waals surface area contributed by atoms with Crippen molar-refractivity contribution in [1.82, 2.24) is 5.32 Å². The Hall–Kier alpha value is -1.59. The average molecular weight is 296 g/mol. The van der Waals surface area contributed by atoms with Gasteiger partial charge in [-0.05, 0) is 31.2 Å². The van der Waals surface area contributed by atoms with Gasteiger partial charge in [0.25, 0.3) is 0 Å². The Morgan fingerprint density at radius 1 is 1.45 bits per heavy atom. The molecule has 0 bridgehead atoms. The molecule has 108 valence electrons. The van der Waals surface area contributed by atoms with Crippen LogP contribution in [-0.4, -0.2) is 31.4 Å². The molecule has 0 atom stereocenters. The minimum atomic E-state index is -0.118. The molecule has 1 saturated heterocycles. The van der Waals surface area contributed by atoms with Gasteiger partial charge < -0.3 is 15.5 Å². The lowest BCUT2D eigenvalue weighted by atomic mass is 10.2. The molecule has 20 heavy (non-hydrogen) atoms. The molecular formula is C14H18ClN3O2. The SMILES string of the molecule is CCNCC(=O)Nc1ccc(N2CCCC2=O)c(Cl)c1. The first-order valence-electron chi connectivity index (χ1n) is 6.72. The van der Waals surface area contributed by atoms with Gasteiger partial charge in [0, 0.05) is 18.7 Å². The first-order valence-corrected chi connectivity index (χ1v) is 7.10. The van der Waals surface area contributed by atoms with Gasteiger partial charge in [0.15, 0.2) is 0 Å². The lowest BCUT2D eigenvalue weighted by Gasteiger charge is -2.18. The van der Waals surface area contributed by atoms with E-state index in [-0.39, 0.29) is 18.4 Å². The van der Waals surface area contributed by atoms with Crippen molar-refractivity contribution in [2.24, 2.45) is 0 Å². The highest BCUT2D eigenvalue weighted by Gasteiger charge is 2.23. The second-order valence-electron chi connectivity index (χ2n) is 4.64. The zero-order valence-corrected chi connectivity index (χ0v) is 12.2.